The fraction of sp³-hybridized carbons (Fsp3) is 1.00. The van der Waals surface area contributed by atoms with Crippen LogP contribution in [0.3, 0.4) is 0 Å². The van der Waals surface area contributed by atoms with Crippen LogP contribution >= 0.6 is 0 Å². The number of hydrogen-bond donors (Lipinski definition) is 0. The summed E-state index contributed by atoms with van der Waals surface area (Å²) >= 11 is 0. The monoisotopic (exact) mass is 147 g/mol. The Morgan fingerprint density at radius 3 is 2.44 bits per heavy atom. The highest BCUT2D eigenvalue weighted by atomic mass is 28.1. The van der Waals surface area contributed by atoms with E-state index in [4.69, 9.17) is 4.74 Å². The maximum Gasteiger partial charge on any atom is 0.0592 e. The molecule has 1 unspecified atom stereocenters. The Hall–Kier alpha value is 0.137. The molecular formula is C6H17NOSi. The van der Waals surface area contributed by atoms with Crippen molar-refractivity contribution < 1.29 is 4.74 Å². The molecule has 0 rings (SSSR count). The molecule has 56 valence electrons. The first-order valence-corrected chi connectivity index (χ1v) is 4.54. The Bertz CT molecular complexity index is 58.1. The molecule has 0 amide bonds. The van der Waals surface area contributed by atoms with Crippen LogP contribution in [0.2, 0.25) is 0 Å². The second-order valence-corrected chi connectivity index (χ2v) is 4.35. The average Bonchev–Trinajstić information content (AvgIpc) is 1.63. The summed E-state index contributed by atoms with van der Waals surface area (Å²) in [6, 6.07) is 0. The van der Waals surface area contributed by atoms with E-state index in [1.165, 1.54) is 0 Å². The van der Waals surface area contributed by atoms with Crippen molar-refractivity contribution in [2.75, 3.05) is 27.2 Å². The molecule has 0 aromatic rings. The second kappa shape index (κ2) is 4.96. The zero-order valence-corrected chi connectivity index (χ0v) is 8.85. The van der Waals surface area contributed by atoms with Crippen LogP contribution in [0.5, 0.6) is 0 Å². The predicted octanol–water partition coefficient (Wildman–Crippen LogP) is -0.724. The van der Waals surface area contributed by atoms with E-state index in [0.29, 0.717) is 5.73 Å². The van der Waals surface area contributed by atoms with E-state index in [2.05, 4.69) is 25.9 Å². The third-order valence-electron chi connectivity index (χ3n) is 0.990. The average molecular weight is 147 g/mol. The van der Waals surface area contributed by atoms with Gasteiger partial charge in [-0.3, -0.25) is 0 Å². The first-order chi connectivity index (χ1) is 4.13. The standard InChI is InChI=1S/C6H17NOSi/c1-6(9)8-5-4-7(2)3/h6H,4-5H2,1-3,9H3. The normalized spacial score (nSPS) is 14.7. The largest absolute Gasteiger partial charge is 0.382 e. The Morgan fingerprint density at radius 1 is 1.56 bits per heavy atom. The fourth-order valence-electron chi connectivity index (χ4n) is 0.471. The van der Waals surface area contributed by atoms with Crippen molar-refractivity contribution in [2.24, 2.45) is 0 Å². The van der Waals surface area contributed by atoms with E-state index in [9.17, 15) is 0 Å². The Morgan fingerprint density at radius 2 is 2.11 bits per heavy atom. The Labute approximate surface area is 60.6 Å². The van der Waals surface area contributed by atoms with Gasteiger partial charge in [0.15, 0.2) is 0 Å². The first-order valence-electron chi connectivity index (χ1n) is 3.39. The molecule has 0 aliphatic carbocycles. The van der Waals surface area contributed by atoms with Gasteiger partial charge in [-0.1, -0.05) is 0 Å². The lowest BCUT2D eigenvalue weighted by Gasteiger charge is -2.11. The van der Waals surface area contributed by atoms with E-state index < -0.39 is 0 Å². The van der Waals surface area contributed by atoms with E-state index in [1.54, 1.807) is 0 Å². The smallest absolute Gasteiger partial charge is 0.0592 e. The minimum atomic E-state index is 0.505. The summed E-state index contributed by atoms with van der Waals surface area (Å²) in [4.78, 5) is 2.13. The zero-order valence-electron chi connectivity index (χ0n) is 6.85. The van der Waals surface area contributed by atoms with E-state index in [1.807, 2.05) is 0 Å². The van der Waals surface area contributed by atoms with Crippen molar-refractivity contribution in [1.29, 1.82) is 0 Å². The van der Waals surface area contributed by atoms with E-state index in [-0.39, 0.29) is 0 Å². The molecule has 0 aromatic carbocycles. The number of ether oxygens (including phenoxy) is 1. The third kappa shape index (κ3) is 8.14. The highest BCUT2D eigenvalue weighted by Crippen LogP contribution is 1.83. The van der Waals surface area contributed by atoms with Gasteiger partial charge in [-0.25, -0.2) is 0 Å². The molecule has 0 N–H and O–H groups in total. The van der Waals surface area contributed by atoms with Crippen LogP contribution < -0.4 is 0 Å². The topological polar surface area (TPSA) is 12.5 Å². The van der Waals surface area contributed by atoms with Crippen molar-refractivity contribution in [2.45, 2.75) is 12.7 Å². The summed E-state index contributed by atoms with van der Waals surface area (Å²) in [6.45, 7) is 4.02. The maximum absolute atomic E-state index is 5.37. The zero-order chi connectivity index (χ0) is 7.28. The van der Waals surface area contributed by atoms with Crippen LogP contribution in [0.25, 0.3) is 0 Å². The summed E-state index contributed by atoms with van der Waals surface area (Å²) in [7, 11) is 5.25. The van der Waals surface area contributed by atoms with Gasteiger partial charge in [0.05, 0.1) is 6.61 Å². The minimum Gasteiger partial charge on any atom is -0.382 e. The predicted molar refractivity (Wildman–Crippen MR) is 43.9 cm³/mol. The van der Waals surface area contributed by atoms with E-state index in [0.717, 1.165) is 23.4 Å². The van der Waals surface area contributed by atoms with E-state index >= 15 is 0 Å². The number of nitrogens with zero attached hydrogens (tertiary/aromatic N) is 1. The first kappa shape index (κ1) is 9.14. The van der Waals surface area contributed by atoms with Gasteiger partial charge in [-0.15, -0.1) is 0 Å². The summed E-state index contributed by atoms with van der Waals surface area (Å²) in [5, 5.41) is 0. The molecule has 0 aliphatic rings. The van der Waals surface area contributed by atoms with Gasteiger partial charge in [-0.2, -0.15) is 0 Å². The quantitative estimate of drug-likeness (QED) is 0.486. The molecule has 0 fully saturated rings. The maximum atomic E-state index is 5.37. The molecule has 1 atom stereocenters. The van der Waals surface area contributed by atoms with Gasteiger partial charge in [0.2, 0.25) is 0 Å². The second-order valence-electron chi connectivity index (χ2n) is 2.72. The Balaban J connectivity index is 2.91. The highest BCUT2D eigenvalue weighted by Gasteiger charge is 1.92. The van der Waals surface area contributed by atoms with Crippen LogP contribution in [0.1, 0.15) is 6.92 Å². The van der Waals surface area contributed by atoms with Crippen LogP contribution in [-0.4, -0.2) is 48.1 Å². The summed E-state index contributed by atoms with van der Waals surface area (Å²) < 4.78 is 5.37. The number of hydrogen-bond acceptors (Lipinski definition) is 2. The summed E-state index contributed by atoms with van der Waals surface area (Å²) in [5.74, 6) is 0. The highest BCUT2D eigenvalue weighted by molar-refractivity contribution is 6.10. The lowest BCUT2D eigenvalue weighted by molar-refractivity contribution is 0.104. The van der Waals surface area contributed by atoms with Crippen molar-refractivity contribution in [3.63, 3.8) is 0 Å². The molecule has 0 aromatic heterocycles. The van der Waals surface area contributed by atoms with Gasteiger partial charge in [0.1, 0.15) is 0 Å². The molecule has 3 heteroatoms. The number of likely N-dealkylation sites (N-methyl/N-ethyl adjacent to an activating group) is 1. The fourth-order valence-corrected chi connectivity index (χ4v) is 0.707. The molecular weight excluding hydrogens is 130 g/mol. The molecule has 0 saturated heterocycles. The molecule has 0 bridgehead atoms. The molecule has 0 radical (unpaired) electrons. The van der Waals surface area contributed by atoms with Crippen LogP contribution in [0.15, 0.2) is 0 Å². The van der Waals surface area contributed by atoms with Crippen LogP contribution in [0.4, 0.5) is 0 Å². The summed E-state index contributed by atoms with van der Waals surface area (Å²) in [6.07, 6.45) is 0. The van der Waals surface area contributed by atoms with Gasteiger partial charge >= 0.3 is 0 Å². The van der Waals surface area contributed by atoms with Gasteiger partial charge in [0.25, 0.3) is 0 Å². The molecule has 2 nitrogen and oxygen atoms in total. The molecule has 0 spiro atoms. The Kier molecular flexibility index (Phi) is 5.04. The van der Waals surface area contributed by atoms with Crippen molar-refractivity contribution >= 4 is 10.2 Å². The lowest BCUT2D eigenvalue weighted by atomic mass is 10.6. The van der Waals surface area contributed by atoms with Crippen LogP contribution in [0, 0.1) is 0 Å². The summed E-state index contributed by atoms with van der Waals surface area (Å²) in [5.41, 5.74) is 0.505. The van der Waals surface area contributed by atoms with Crippen molar-refractivity contribution in [1.82, 2.24) is 4.90 Å². The minimum absolute atomic E-state index is 0.505. The molecule has 0 saturated carbocycles. The number of rotatable bonds is 4. The third-order valence-corrected chi connectivity index (χ3v) is 1.32. The van der Waals surface area contributed by atoms with Crippen LogP contribution in [-0.2, 0) is 4.74 Å². The lowest BCUT2D eigenvalue weighted by Crippen LogP contribution is -2.20. The van der Waals surface area contributed by atoms with Crippen molar-refractivity contribution in [3.05, 3.63) is 0 Å². The SMILES string of the molecule is CC([SiH3])OCCN(C)C. The molecule has 0 heterocycles. The molecule has 0 aliphatic heterocycles. The van der Waals surface area contributed by atoms with Crippen molar-refractivity contribution in [3.8, 4) is 0 Å². The van der Waals surface area contributed by atoms with Gasteiger partial charge in [0, 0.05) is 22.5 Å². The van der Waals surface area contributed by atoms with Gasteiger partial charge < -0.3 is 9.64 Å². The molecule has 9 heavy (non-hydrogen) atoms. The van der Waals surface area contributed by atoms with Gasteiger partial charge in [-0.05, 0) is 21.0 Å².